The summed E-state index contributed by atoms with van der Waals surface area (Å²) < 4.78 is 10.8. The Bertz CT molecular complexity index is 788. The molecule has 0 aliphatic heterocycles. The van der Waals surface area contributed by atoms with E-state index in [1.54, 1.807) is 25.6 Å². The van der Waals surface area contributed by atoms with Crippen molar-refractivity contribution in [2.75, 3.05) is 40.6 Å². The van der Waals surface area contributed by atoms with Gasteiger partial charge in [0.1, 0.15) is 16.9 Å². The quantitative estimate of drug-likeness (QED) is 0.192. The highest BCUT2D eigenvalue weighted by atomic mass is 127. The number of nitrogens with zero attached hydrogens (tertiary/aromatic N) is 3. The third kappa shape index (κ3) is 8.24. The van der Waals surface area contributed by atoms with E-state index in [0.717, 1.165) is 34.7 Å². The van der Waals surface area contributed by atoms with Crippen LogP contribution in [-0.2, 0) is 11.3 Å². The first-order valence-electron chi connectivity index (χ1n) is 9.63. The zero-order valence-electron chi connectivity index (χ0n) is 18.5. The SMILES string of the molecule is CN=C(NCC(C)CSc1ccccc1OC)N(C)Cc1csc(C(C)OC)n1.I. The summed E-state index contributed by atoms with van der Waals surface area (Å²) in [5.41, 5.74) is 1.03. The minimum atomic E-state index is 0. The van der Waals surface area contributed by atoms with Crippen molar-refractivity contribution < 1.29 is 9.47 Å². The Balaban J connectivity index is 0.00000450. The highest BCUT2D eigenvalue weighted by molar-refractivity contribution is 14.0. The van der Waals surface area contributed by atoms with Crippen molar-refractivity contribution in [2.45, 2.75) is 31.4 Å². The molecule has 2 aromatic rings. The van der Waals surface area contributed by atoms with Gasteiger partial charge in [-0.05, 0) is 25.0 Å². The van der Waals surface area contributed by atoms with Gasteiger partial charge < -0.3 is 19.7 Å². The highest BCUT2D eigenvalue weighted by Gasteiger charge is 2.14. The van der Waals surface area contributed by atoms with Crippen LogP contribution in [0.3, 0.4) is 0 Å². The maximum atomic E-state index is 5.43. The lowest BCUT2D eigenvalue weighted by atomic mass is 10.2. The van der Waals surface area contributed by atoms with Crippen LogP contribution in [0.5, 0.6) is 5.75 Å². The number of methoxy groups -OCH3 is 2. The van der Waals surface area contributed by atoms with Crippen LogP contribution in [0.1, 0.15) is 30.7 Å². The molecule has 168 valence electrons. The third-order valence-corrected chi connectivity index (χ3v) is 6.88. The van der Waals surface area contributed by atoms with Crippen LogP contribution in [0.15, 0.2) is 39.5 Å². The molecule has 9 heteroatoms. The Kier molecular flexibility index (Phi) is 12.7. The van der Waals surface area contributed by atoms with Crippen LogP contribution in [0.2, 0.25) is 0 Å². The van der Waals surface area contributed by atoms with E-state index in [4.69, 9.17) is 9.47 Å². The fraction of sp³-hybridized carbons (Fsp3) is 0.524. The Morgan fingerprint density at radius 2 is 2.03 bits per heavy atom. The summed E-state index contributed by atoms with van der Waals surface area (Å²) in [4.78, 5) is 12.3. The molecule has 30 heavy (non-hydrogen) atoms. The molecule has 1 aromatic carbocycles. The van der Waals surface area contributed by atoms with Gasteiger partial charge in [0.2, 0.25) is 0 Å². The van der Waals surface area contributed by atoms with E-state index in [1.807, 2.05) is 51.0 Å². The Morgan fingerprint density at radius 1 is 1.30 bits per heavy atom. The van der Waals surface area contributed by atoms with Gasteiger partial charge in [0.25, 0.3) is 0 Å². The van der Waals surface area contributed by atoms with E-state index in [1.165, 1.54) is 4.90 Å². The van der Waals surface area contributed by atoms with Crippen LogP contribution < -0.4 is 10.1 Å². The standard InChI is InChI=1S/C21H32N4O2S2.HI/c1-15(13-28-19-10-8-7-9-18(19)27-6)11-23-21(22-3)25(4)12-17-14-29-20(24-17)16(2)26-5;/h7-10,14-16H,11-13H2,1-6H3,(H,22,23);1H. The summed E-state index contributed by atoms with van der Waals surface area (Å²) in [6.45, 7) is 5.80. The van der Waals surface area contributed by atoms with Crippen molar-refractivity contribution in [3.8, 4) is 5.75 Å². The normalized spacial score (nSPS) is 13.3. The van der Waals surface area contributed by atoms with E-state index >= 15 is 0 Å². The monoisotopic (exact) mass is 564 g/mol. The van der Waals surface area contributed by atoms with E-state index in [-0.39, 0.29) is 30.1 Å². The second kappa shape index (κ2) is 14.1. The molecule has 0 amide bonds. The van der Waals surface area contributed by atoms with Crippen molar-refractivity contribution in [1.29, 1.82) is 0 Å². The fourth-order valence-corrected chi connectivity index (χ4v) is 4.57. The van der Waals surface area contributed by atoms with Crippen LogP contribution in [-0.4, -0.2) is 56.5 Å². The first kappa shape index (κ1) is 27.0. The first-order chi connectivity index (χ1) is 14.0. The minimum absolute atomic E-state index is 0. The number of ether oxygens (including phenoxy) is 2. The van der Waals surface area contributed by atoms with Gasteiger partial charge in [-0.25, -0.2) is 4.98 Å². The Labute approximate surface area is 205 Å². The molecule has 2 unspecified atom stereocenters. The average Bonchev–Trinajstić information content (AvgIpc) is 3.20. The largest absolute Gasteiger partial charge is 0.496 e. The van der Waals surface area contributed by atoms with Gasteiger partial charge in [-0.2, -0.15) is 0 Å². The zero-order valence-corrected chi connectivity index (χ0v) is 22.5. The molecule has 6 nitrogen and oxygen atoms in total. The lowest BCUT2D eigenvalue weighted by Gasteiger charge is -2.23. The Morgan fingerprint density at radius 3 is 2.70 bits per heavy atom. The predicted octanol–water partition coefficient (Wildman–Crippen LogP) is 4.91. The van der Waals surface area contributed by atoms with Gasteiger partial charge >= 0.3 is 0 Å². The molecule has 0 spiro atoms. The van der Waals surface area contributed by atoms with Crippen molar-refractivity contribution in [2.24, 2.45) is 10.9 Å². The zero-order chi connectivity index (χ0) is 21.2. The van der Waals surface area contributed by atoms with Gasteiger partial charge in [-0.3, -0.25) is 4.99 Å². The summed E-state index contributed by atoms with van der Waals surface area (Å²) in [5.74, 6) is 3.27. The molecule has 0 saturated heterocycles. The summed E-state index contributed by atoms with van der Waals surface area (Å²) in [7, 11) is 7.26. The number of guanidine groups is 1. The predicted molar refractivity (Wildman–Crippen MR) is 139 cm³/mol. The topological polar surface area (TPSA) is 59.0 Å². The maximum Gasteiger partial charge on any atom is 0.193 e. The average molecular weight is 565 g/mol. The second-order valence-electron chi connectivity index (χ2n) is 6.91. The number of aromatic nitrogens is 1. The van der Waals surface area contributed by atoms with E-state index in [2.05, 4.69) is 38.6 Å². The lowest BCUT2D eigenvalue weighted by molar-refractivity contribution is 0.119. The molecule has 0 aliphatic carbocycles. The van der Waals surface area contributed by atoms with E-state index in [0.29, 0.717) is 12.5 Å². The molecule has 0 bridgehead atoms. The van der Waals surface area contributed by atoms with Crippen molar-refractivity contribution in [3.05, 3.63) is 40.3 Å². The van der Waals surface area contributed by atoms with Crippen LogP contribution in [0, 0.1) is 5.92 Å². The molecule has 0 saturated carbocycles. The van der Waals surface area contributed by atoms with Gasteiger partial charge in [0, 0.05) is 43.8 Å². The molecule has 1 heterocycles. The lowest BCUT2D eigenvalue weighted by Crippen LogP contribution is -2.40. The fourth-order valence-electron chi connectivity index (χ4n) is 2.68. The van der Waals surface area contributed by atoms with Crippen LogP contribution in [0.25, 0.3) is 0 Å². The Hall–Kier alpha value is -1.04. The molecule has 0 fully saturated rings. The molecule has 0 aliphatic rings. The number of nitrogens with one attached hydrogen (secondary N) is 1. The van der Waals surface area contributed by atoms with Crippen molar-refractivity contribution in [3.63, 3.8) is 0 Å². The minimum Gasteiger partial charge on any atom is -0.496 e. The summed E-state index contributed by atoms with van der Waals surface area (Å²) >= 11 is 3.45. The number of thioether (sulfide) groups is 1. The number of rotatable bonds is 10. The van der Waals surface area contributed by atoms with E-state index in [9.17, 15) is 0 Å². The van der Waals surface area contributed by atoms with E-state index < -0.39 is 0 Å². The number of halogens is 1. The van der Waals surface area contributed by atoms with Crippen molar-refractivity contribution in [1.82, 2.24) is 15.2 Å². The highest BCUT2D eigenvalue weighted by Crippen LogP contribution is 2.29. The summed E-state index contributed by atoms with van der Waals surface area (Å²) in [6, 6.07) is 8.14. The van der Waals surface area contributed by atoms with Gasteiger partial charge in [-0.1, -0.05) is 19.1 Å². The molecule has 2 rings (SSSR count). The van der Waals surface area contributed by atoms with Gasteiger partial charge in [0.15, 0.2) is 5.96 Å². The maximum absolute atomic E-state index is 5.43. The molecular formula is C21H33IN4O2S2. The van der Waals surface area contributed by atoms with Crippen molar-refractivity contribution >= 4 is 53.0 Å². The molecule has 0 radical (unpaired) electrons. The number of para-hydroxylation sites is 1. The van der Waals surface area contributed by atoms with Crippen LogP contribution >= 0.6 is 47.1 Å². The summed E-state index contributed by atoms with van der Waals surface area (Å²) in [6.07, 6.45) is 0.0260. The van der Waals surface area contributed by atoms with Crippen LogP contribution in [0.4, 0.5) is 0 Å². The van der Waals surface area contributed by atoms with Gasteiger partial charge in [0.05, 0.1) is 19.3 Å². The third-order valence-electron chi connectivity index (χ3n) is 4.44. The molecule has 2 atom stereocenters. The number of hydrogen-bond acceptors (Lipinski definition) is 6. The number of thiazole rings is 1. The number of aliphatic imine (C=N–C) groups is 1. The smallest absolute Gasteiger partial charge is 0.193 e. The van der Waals surface area contributed by atoms with Gasteiger partial charge in [-0.15, -0.1) is 47.1 Å². The molecule has 1 aromatic heterocycles. The number of benzene rings is 1. The molecular weight excluding hydrogens is 531 g/mol. The first-order valence-corrected chi connectivity index (χ1v) is 11.5. The molecule has 1 N–H and O–H groups in total. The number of hydrogen-bond donors (Lipinski definition) is 1. The second-order valence-corrected chi connectivity index (χ2v) is 8.86. The summed E-state index contributed by atoms with van der Waals surface area (Å²) in [5, 5.41) is 6.56.